The number of furan rings is 1. The molecule has 0 unspecified atom stereocenters. The normalized spacial score (nSPS) is 11.1. The van der Waals surface area contributed by atoms with Gasteiger partial charge in [0.15, 0.2) is 11.3 Å². The molecule has 1 aromatic carbocycles. The second-order valence-corrected chi connectivity index (χ2v) is 5.19. The molecule has 1 heterocycles. The molecular weight excluding hydrogens is 364 g/mol. The Hall–Kier alpha value is -0.520. The van der Waals surface area contributed by atoms with Crippen LogP contribution in [0.5, 0.6) is 5.75 Å². The first kappa shape index (κ1) is 13.9. The summed E-state index contributed by atoms with van der Waals surface area (Å²) in [6, 6.07) is 3.94. The van der Waals surface area contributed by atoms with E-state index in [1.165, 1.54) is 0 Å². The number of methoxy groups -OCH3 is 1. The van der Waals surface area contributed by atoms with Crippen LogP contribution in [0.25, 0.3) is 11.0 Å². The lowest BCUT2D eigenvalue weighted by Gasteiger charge is -2.09. The van der Waals surface area contributed by atoms with Crippen LogP contribution in [0.2, 0.25) is 0 Å². The highest BCUT2D eigenvalue weighted by atomic mass is 79.9. The van der Waals surface area contributed by atoms with Gasteiger partial charge in [-0.25, -0.2) is 0 Å². The van der Waals surface area contributed by atoms with Crippen LogP contribution in [0.4, 0.5) is 0 Å². The first-order valence-electron chi connectivity index (χ1n) is 5.64. The molecule has 18 heavy (non-hydrogen) atoms. The molecule has 0 fully saturated rings. The maximum absolute atomic E-state index is 5.76. The van der Waals surface area contributed by atoms with E-state index in [0.29, 0.717) is 13.2 Å². The van der Waals surface area contributed by atoms with E-state index in [9.17, 15) is 0 Å². The zero-order valence-corrected chi connectivity index (χ0v) is 13.2. The predicted molar refractivity (Wildman–Crippen MR) is 78.5 cm³/mol. The molecule has 0 N–H and O–H groups in total. The Labute approximate surface area is 123 Å². The average Bonchev–Trinajstić information content (AvgIpc) is 2.87. The van der Waals surface area contributed by atoms with Gasteiger partial charge in [0.05, 0.1) is 12.9 Å². The lowest BCUT2D eigenvalue weighted by Crippen LogP contribution is -2.02. The summed E-state index contributed by atoms with van der Waals surface area (Å²) in [7, 11) is 1.69. The molecule has 98 valence electrons. The van der Waals surface area contributed by atoms with Crippen LogP contribution in [0.15, 0.2) is 27.3 Å². The number of alkyl halides is 1. The van der Waals surface area contributed by atoms with E-state index in [-0.39, 0.29) is 0 Å². The van der Waals surface area contributed by atoms with Gasteiger partial charge in [-0.2, -0.15) is 0 Å². The van der Waals surface area contributed by atoms with Crippen molar-refractivity contribution in [2.75, 3.05) is 20.3 Å². The number of hydrogen-bond acceptors (Lipinski definition) is 3. The first-order chi connectivity index (χ1) is 8.77. The first-order valence-corrected chi connectivity index (χ1v) is 7.55. The second-order valence-electron chi connectivity index (χ2n) is 3.84. The van der Waals surface area contributed by atoms with E-state index in [2.05, 4.69) is 31.9 Å². The van der Waals surface area contributed by atoms with Crippen molar-refractivity contribution in [1.82, 2.24) is 0 Å². The van der Waals surface area contributed by atoms with Crippen LogP contribution >= 0.6 is 31.9 Å². The Morgan fingerprint density at radius 2 is 2.17 bits per heavy atom. The van der Waals surface area contributed by atoms with Crippen molar-refractivity contribution in [2.45, 2.75) is 11.8 Å². The number of fused-ring (bicyclic) bond motifs is 1. The molecule has 0 atom stereocenters. The average molecular weight is 378 g/mol. The smallest absolute Gasteiger partial charge is 0.176 e. The summed E-state index contributed by atoms with van der Waals surface area (Å²) in [4.78, 5) is 0. The topological polar surface area (TPSA) is 31.6 Å². The van der Waals surface area contributed by atoms with Gasteiger partial charge >= 0.3 is 0 Å². The molecule has 0 radical (unpaired) electrons. The van der Waals surface area contributed by atoms with Gasteiger partial charge in [-0.3, -0.25) is 0 Å². The largest absolute Gasteiger partial charge is 0.490 e. The molecule has 2 aromatic rings. The Kier molecular flexibility index (Phi) is 5.09. The van der Waals surface area contributed by atoms with Crippen molar-refractivity contribution in [1.29, 1.82) is 0 Å². The summed E-state index contributed by atoms with van der Waals surface area (Å²) >= 11 is 7.06. The van der Waals surface area contributed by atoms with Crippen LogP contribution in [0, 0.1) is 0 Å². The summed E-state index contributed by atoms with van der Waals surface area (Å²) in [6.45, 7) is 1.32. The highest BCUT2D eigenvalue weighted by Gasteiger charge is 2.13. The van der Waals surface area contributed by atoms with Gasteiger partial charge in [0, 0.05) is 35.3 Å². The quantitative estimate of drug-likeness (QED) is 0.548. The van der Waals surface area contributed by atoms with Gasteiger partial charge < -0.3 is 13.9 Å². The number of rotatable bonds is 6. The van der Waals surface area contributed by atoms with Gasteiger partial charge in [-0.15, -0.1) is 0 Å². The third kappa shape index (κ3) is 2.90. The Bertz CT molecular complexity index is 522. The van der Waals surface area contributed by atoms with Crippen molar-refractivity contribution in [2.24, 2.45) is 0 Å². The second kappa shape index (κ2) is 6.59. The molecule has 0 aliphatic carbocycles. The lowest BCUT2D eigenvalue weighted by atomic mass is 10.1. The van der Waals surface area contributed by atoms with E-state index in [1.54, 1.807) is 13.4 Å². The zero-order valence-electron chi connectivity index (χ0n) is 10.0. The molecule has 2 rings (SSSR count). The van der Waals surface area contributed by atoms with Gasteiger partial charge in [0.2, 0.25) is 0 Å². The van der Waals surface area contributed by atoms with Gasteiger partial charge in [-0.05, 0) is 33.6 Å². The maximum Gasteiger partial charge on any atom is 0.176 e. The molecule has 3 nitrogen and oxygen atoms in total. The number of hydrogen-bond donors (Lipinski definition) is 0. The van der Waals surface area contributed by atoms with Crippen LogP contribution in [-0.2, 0) is 10.1 Å². The molecular formula is C13H14Br2O3. The summed E-state index contributed by atoms with van der Waals surface area (Å²) in [5.41, 5.74) is 1.93. The summed E-state index contributed by atoms with van der Waals surface area (Å²) in [5.74, 6) is 0.781. The van der Waals surface area contributed by atoms with E-state index in [0.717, 1.165) is 38.5 Å². The van der Waals surface area contributed by atoms with E-state index in [4.69, 9.17) is 13.9 Å². The predicted octanol–water partition coefficient (Wildman–Crippen LogP) is 4.51. The molecule has 0 amide bonds. The standard InChI is InChI=1S/C13H14Br2O3/c1-16-4-2-5-17-11-7-9(8-14)12(15)10-3-6-18-13(10)11/h3,6-7H,2,4-5,8H2,1H3. The van der Waals surface area contributed by atoms with Gasteiger partial charge in [0.1, 0.15) is 0 Å². The van der Waals surface area contributed by atoms with Crippen LogP contribution in [0.1, 0.15) is 12.0 Å². The van der Waals surface area contributed by atoms with E-state index >= 15 is 0 Å². The zero-order chi connectivity index (χ0) is 13.0. The van der Waals surface area contributed by atoms with Crippen LogP contribution in [0.3, 0.4) is 0 Å². The lowest BCUT2D eigenvalue weighted by molar-refractivity contribution is 0.172. The summed E-state index contributed by atoms with van der Waals surface area (Å²) < 4.78 is 17.3. The van der Waals surface area contributed by atoms with Gasteiger partial charge in [-0.1, -0.05) is 15.9 Å². The number of benzene rings is 1. The molecule has 0 aliphatic rings. The van der Waals surface area contributed by atoms with Crippen molar-refractivity contribution in [3.8, 4) is 5.75 Å². The fourth-order valence-corrected chi connectivity index (χ4v) is 3.11. The minimum atomic E-state index is 0.618. The summed E-state index contributed by atoms with van der Waals surface area (Å²) in [6.07, 6.45) is 2.54. The Balaban J connectivity index is 2.25. The van der Waals surface area contributed by atoms with Crippen LogP contribution < -0.4 is 4.74 Å². The number of ether oxygens (including phenoxy) is 2. The molecule has 0 aliphatic heterocycles. The van der Waals surface area contributed by atoms with Crippen molar-refractivity contribution >= 4 is 42.8 Å². The maximum atomic E-state index is 5.76. The minimum Gasteiger partial charge on any atom is -0.490 e. The van der Waals surface area contributed by atoms with E-state index in [1.807, 2.05) is 12.1 Å². The molecule has 0 saturated carbocycles. The minimum absolute atomic E-state index is 0.618. The Morgan fingerprint density at radius 1 is 1.33 bits per heavy atom. The molecule has 5 heteroatoms. The highest BCUT2D eigenvalue weighted by molar-refractivity contribution is 9.11. The van der Waals surface area contributed by atoms with Gasteiger partial charge in [0.25, 0.3) is 0 Å². The third-order valence-corrected chi connectivity index (χ3v) is 4.15. The van der Waals surface area contributed by atoms with E-state index < -0.39 is 0 Å². The van der Waals surface area contributed by atoms with Crippen molar-refractivity contribution < 1.29 is 13.9 Å². The number of halogens is 2. The Morgan fingerprint density at radius 3 is 2.89 bits per heavy atom. The third-order valence-electron chi connectivity index (χ3n) is 2.61. The molecule has 0 saturated heterocycles. The van der Waals surface area contributed by atoms with Crippen LogP contribution in [-0.4, -0.2) is 20.3 Å². The fourth-order valence-electron chi connectivity index (χ4n) is 1.72. The SMILES string of the molecule is COCCCOc1cc(CBr)c(Br)c2ccoc12. The molecule has 0 spiro atoms. The molecule has 1 aromatic heterocycles. The highest BCUT2D eigenvalue weighted by Crippen LogP contribution is 2.36. The van der Waals surface area contributed by atoms with Crippen molar-refractivity contribution in [3.63, 3.8) is 0 Å². The van der Waals surface area contributed by atoms with Crippen molar-refractivity contribution in [3.05, 3.63) is 28.4 Å². The summed E-state index contributed by atoms with van der Waals surface area (Å²) in [5, 5.41) is 1.80. The molecule has 0 bridgehead atoms. The fraction of sp³-hybridized carbons (Fsp3) is 0.385. The monoisotopic (exact) mass is 376 g/mol.